The van der Waals surface area contributed by atoms with Gasteiger partial charge in [0.1, 0.15) is 24.3 Å². The van der Waals surface area contributed by atoms with Crippen molar-refractivity contribution in [2.24, 2.45) is 0 Å². The van der Waals surface area contributed by atoms with E-state index in [2.05, 4.69) is 50.3 Å². The van der Waals surface area contributed by atoms with Crippen molar-refractivity contribution >= 4 is 11.0 Å². The molecule has 5 rings (SSSR count). The molecule has 140 valence electrons. The van der Waals surface area contributed by atoms with Crippen LogP contribution in [0.4, 0.5) is 0 Å². The van der Waals surface area contributed by atoms with E-state index >= 15 is 0 Å². The second kappa shape index (κ2) is 7.44. The average molecular weight is 370 g/mol. The van der Waals surface area contributed by atoms with Crippen molar-refractivity contribution in [2.75, 3.05) is 13.1 Å². The maximum absolute atomic E-state index is 5.92. The van der Waals surface area contributed by atoms with Crippen LogP contribution in [0.2, 0.25) is 0 Å². The van der Waals surface area contributed by atoms with E-state index in [4.69, 9.17) is 4.74 Å². The van der Waals surface area contributed by atoms with Crippen LogP contribution in [-0.4, -0.2) is 27.6 Å². The molecule has 1 N–H and O–H groups in total. The molecule has 0 aliphatic carbocycles. The molecule has 4 aromatic rings. The van der Waals surface area contributed by atoms with E-state index in [1.165, 1.54) is 0 Å². The lowest BCUT2D eigenvalue weighted by Crippen LogP contribution is -2.12. The van der Waals surface area contributed by atoms with Crippen molar-refractivity contribution in [2.45, 2.75) is 19.1 Å². The Bertz CT molecular complexity index is 1070. The van der Waals surface area contributed by atoms with Crippen LogP contribution in [0.15, 0.2) is 73.3 Å². The molecule has 2 aromatic carbocycles. The molecular formula is C23H22N4O. The fourth-order valence-electron chi connectivity index (χ4n) is 3.85. The number of ether oxygens (including phenoxy) is 1. The lowest BCUT2D eigenvalue weighted by atomic mass is 10.1. The van der Waals surface area contributed by atoms with Crippen molar-refractivity contribution in [3.63, 3.8) is 0 Å². The lowest BCUT2D eigenvalue weighted by Gasteiger charge is -2.11. The Kier molecular flexibility index (Phi) is 4.51. The van der Waals surface area contributed by atoms with Gasteiger partial charge in [-0.1, -0.05) is 42.5 Å². The van der Waals surface area contributed by atoms with E-state index in [1.54, 1.807) is 6.33 Å². The quantitative estimate of drug-likeness (QED) is 0.572. The van der Waals surface area contributed by atoms with E-state index in [9.17, 15) is 0 Å². The topological polar surface area (TPSA) is 52.0 Å². The summed E-state index contributed by atoms with van der Waals surface area (Å²) in [7, 11) is 0. The van der Waals surface area contributed by atoms with Crippen LogP contribution < -0.4 is 10.1 Å². The van der Waals surface area contributed by atoms with Gasteiger partial charge < -0.3 is 14.6 Å². The first kappa shape index (κ1) is 17.0. The van der Waals surface area contributed by atoms with Crippen LogP contribution in [0.25, 0.3) is 22.2 Å². The fraction of sp³-hybridized carbons (Fsp3) is 0.217. The summed E-state index contributed by atoms with van der Waals surface area (Å²) < 4.78 is 8.22. The highest BCUT2D eigenvalue weighted by Crippen LogP contribution is 2.33. The molecule has 28 heavy (non-hydrogen) atoms. The molecule has 1 fully saturated rings. The van der Waals surface area contributed by atoms with Crippen LogP contribution in [-0.2, 0) is 6.61 Å². The number of nitrogens with zero attached hydrogens (tertiary/aromatic N) is 3. The van der Waals surface area contributed by atoms with Crippen molar-refractivity contribution in [1.29, 1.82) is 0 Å². The monoisotopic (exact) mass is 370 g/mol. The Morgan fingerprint density at radius 3 is 2.71 bits per heavy atom. The van der Waals surface area contributed by atoms with Gasteiger partial charge in [-0.2, -0.15) is 0 Å². The number of fused-ring (bicyclic) bond motifs is 1. The predicted octanol–water partition coefficient (Wildman–Crippen LogP) is 4.21. The Morgan fingerprint density at radius 1 is 1.07 bits per heavy atom. The molecule has 0 bridgehead atoms. The standard InChI is InChI=1S/C23H22N4O/c1-2-4-17(5-3-1)15-28-20-8-6-18(7-9-20)22-14-27(19-10-11-24-12-19)23-21(22)13-25-16-26-23/h1-9,13-14,16,19,24H,10-12,15H2. The van der Waals surface area contributed by atoms with Crippen LogP contribution in [0.5, 0.6) is 5.75 Å². The summed E-state index contributed by atoms with van der Waals surface area (Å²) in [6.07, 6.45) is 6.89. The van der Waals surface area contributed by atoms with Gasteiger partial charge in [0.2, 0.25) is 0 Å². The summed E-state index contributed by atoms with van der Waals surface area (Å²) in [6.45, 7) is 2.61. The molecular weight excluding hydrogens is 348 g/mol. The Labute approximate surface area is 164 Å². The van der Waals surface area contributed by atoms with Gasteiger partial charge in [-0.3, -0.25) is 0 Å². The van der Waals surface area contributed by atoms with Crippen molar-refractivity contribution in [1.82, 2.24) is 19.9 Å². The van der Waals surface area contributed by atoms with Gasteiger partial charge in [0.25, 0.3) is 0 Å². The van der Waals surface area contributed by atoms with Crippen LogP contribution in [0, 0.1) is 0 Å². The number of hydrogen-bond acceptors (Lipinski definition) is 4. The number of nitrogens with one attached hydrogen (secondary N) is 1. The van der Waals surface area contributed by atoms with Crippen molar-refractivity contribution in [3.05, 3.63) is 78.9 Å². The zero-order valence-electron chi connectivity index (χ0n) is 15.6. The summed E-state index contributed by atoms with van der Waals surface area (Å²) >= 11 is 0. The molecule has 2 aromatic heterocycles. The Balaban J connectivity index is 1.42. The smallest absolute Gasteiger partial charge is 0.144 e. The minimum absolute atomic E-state index is 0.444. The first-order valence-electron chi connectivity index (χ1n) is 9.67. The van der Waals surface area contributed by atoms with Crippen LogP contribution >= 0.6 is 0 Å². The number of benzene rings is 2. The normalized spacial score (nSPS) is 16.5. The third-order valence-electron chi connectivity index (χ3n) is 5.34. The highest BCUT2D eigenvalue weighted by atomic mass is 16.5. The summed E-state index contributed by atoms with van der Waals surface area (Å²) in [6, 6.07) is 18.9. The third-order valence-corrected chi connectivity index (χ3v) is 5.34. The number of hydrogen-bond donors (Lipinski definition) is 1. The predicted molar refractivity (Wildman–Crippen MR) is 110 cm³/mol. The van der Waals surface area contributed by atoms with Crippen molar-refractivity contribution < 1.29 is 4.74 Å². The van der Waals surface area contributed by atoms with E-state index in [1.807, 2.05) is 36.5 Å². The highest BCUT2D eigenvalue weighted by molar-refractivity contribution is 5.93. The zero-order chi connectivity index (χ0) is 18.8. The van der Waals surface area contributed by atoms with E-state index in [0.717, 1.165) is 53.0 Å². The van der Waals surface area contributed by atoms with Gasteiger partial charge in [-0.15, -0.1) is 0 Å². The maximum Gasteiger partial charge on any atom is 0.144 e. The molecule has 1 saturated heterocycles. The van der Waals surface area contributed by atoms with Crippen LogP contribution in [0.3, 0.4) is 0 Å². The molecule has 5 heteroatoms. The minimum Gasteiger partial charge on any atom is -0.489 e. The molecule has 3 heterocycles. The number of aromatic nitrogens is 3. The first-order valence-corrected chi connectivity index (χ1v) is 9.67. The molecule has 1 unspecified atom stereocenters. The maximum atomic E-state index is 5.92. The molecule has 0 radical (unpaired) electrons. The number of rotatable bonds is 5. The summed E-state index contributed by atoms with van der Waals surface area (Å²) in [5, 5.41) is 4.53. The van der Waals surface area contributed by atoms with Gasteiger partial charge in [-0.25, -0.2) is 9.97 Å². The summed E-state index contributed by atoms with van der Waals surface area (Å²) in [4.78, 5) is 8.81. The van der Waals surface area contributed by atoms with E-state index in [0.29, 0.717) is 12.6 Å². The largest absolute Gasteiger partial charge is 0.489 e. The second-order valence-corrected chi connectivity index (χ2v) is 7.16. The van der Waals surface area contributed by atoms with E-state index in [-0.39, 0.29) is 0 Å². The SMILES string of the molecule is c1ccc(COc2ccc(-c3cn(C4CCNC4)c4ncncc34)cc2)cc1. The van der Waals surface area contributed by atoms with Gasteiger partial charge in [-0.05, 0) is 36.2 Å². The molecule has 1 aliphatic heterocycles. The van der Waals surface area contributed by atoms with Gasteiger partial charge in [0.05, 0.1) is 0 Å². The molecule has 0 amide bonds. The highest BCUT2D eigenvalue weighted by Gasteiger charge is 2.21. The molecule has 5 nitrogen and oxygen atoms in total. The van der Waals surface area contributed by atoms with Gasteiger partial charge >= 0.3 is 0 Å². The zero-order valence-corrected chi connectivity index (χ0v) is 15.6. The van der Waals surface area contributed by atoms with Gasteiger partial charge in [0, 0.05) is 35.9 Å². The molecule has 0 saturated carbocycles. The Hall–Kier alpha value is -3.18. The molecule has 1 atom stereocenters. The third kappa shape index (κ3) is 3.25. The molecule has 1 aliphatic rings. The summed E-state index contributed by atoms with van der Waals surface area (Å²) in [5.41, 5.74) is 4.48. The molecule has 0 spiro atoms. The Morgan fingerprint density at radius 2 is 1.93 bits per heavy atom. The van der Waals surface area contributed by atoms with Gasteiger partial charge in [0.15, 0.2) is 0 Å². The van der Waals surface area contributed by atoms with Crippen LogP contribution in [0.1, 0.15) is 18.0 Å². The van der Waals surface area contributed by atoms with E-state index < -0.39 is 0 Å². The average Bonchev–Trinajstić information content (AvgIpc) is 3.41. The second-order valence-electron chi connectivity index (χ2n) is 7.16. The first-order chi connectivity index (χ1) is 13.9. The van der Waals surface area contributed by atoms with Crippen molar-refractivity contribution in [3.8, 4) is 16.9 Å². The lowest BCUT2D eigenvalue weighted by molar-refractivity contribution is 0.306. The fourth-order valence-corrected chi connectivity index (χ4v) is 3.85. The summed E-state index contributed by atoms with van der Waals surface area (Å²) in [5.74, 6) is 0.868. The minimum atomic E-state index is 0.444.